The fourth-order valence-electron chi connectivity index (χ4n) is 2.23. The molecule has 0 aliphatic rings. The maximum atomic E-state index is 12.1. The summed E-state index contributed by atoms with van der Waals surface area (Å²) in [5.41, 5.74) is 3.04. The number of hydrogen-bond donors (Lipinski definition) is 2. The van der Waals surface area contributed by atoms with Gasteiger partial charge in [0.15, 0.2) is 17.3 Å². The van der Waals surface area contributed by atoms with E-state index in [1.165, 1.54) is 6.92 Å². The van der Waals surface area contributed by atoms with Crippen LogP contribution in [0.25, 0.3) is 11.1 Å². The van der Waals surface area contributed by atoms with Crippen molar-refractivity contribution in [1.29, 1.82) is 0 Å². The third-order valence-corrected chi connectivity index (χ3v) is 3.28. The Morgan fingerprint density at radius 3 is 2.52 bits per heavy atom. The maximum absolute atomic E-state index is 12.1. The molecule has 0 atom stereocenters. The molecule has 0 unspecified atom stereocenters. The normalized spacial score (nSPS) is 10.5. The molecule has 0 spiro atoms. The average Bonchev–Trinajstić information content (AvgIpc) is 2.86. The number of hydrogen-bond acceptors (Lipinski definition) is 4. The van der Waals surface area contributed by atoms with E-state index in [4.69, 9.17) is 4.42 Å². The minimum absolute atomic E-state index is 0.0547. The van der Waals surface area contributed by atoms with Gasteiger partial charge in [0.2, 0.25) is 0 Å². The summed E-state index contributed by atoms with van der Waals surface area (Å²) in [4.78, 5) is 27.6. The molecule has 3 aromatic rings. The first-order chi connectivity index (χ1) is 11.0. The Hall–Kier alpha value is -3.15. The lowest BCUT2D eigenvalue weighted by Gasteiger charge is -2.08. The second kappa shape index (κ2) is 5.92. The van der Waals surface area contributed by atoms with E-state index in [1.807, 2.05) is 0 Å². The highest BCUT2D eigenvalue weighted by Crippen LogP contribution is 2.20. The summed E-state index contributed by atoms with van der Waals surface area (Å²) in [6, 6.07) is 11.6. The number of carbonyl (C=O) groups excluding carboxylic acids is 2. The second-order valence-corrected chi connectivity index (χ2v) is 5.13. The number of carbonyl (C=O) groups is 2. The summed E-state index contributed by atoms with van der Waals surface area (Å²) in [5, 5.41) is 5.42. The molecular weight excluding hydrogens is 294 g/mol. The largest absolute Gasteiger partial charge is 0.441 e. The van der Waals surface area contributed by atoms with Crippen LogP contribution in [-0.4, -0.2) is 16.8 Å². The topological polar surface area (TPSA) is 84.2 Å². The van der Waals surface area contributed by atoms with Gasteiger partial charge in [-0.3, -0.25) is 4.79 Å². The van der Waals surface area contributed by atoms with Crippen LogP contribution in [0.4, 0.5) is 16.2 Å². The number of amides is 2. The summed E-state index contributed by atoms with van der Waals surface area (Å²) >= 11 is 0. The van der Waals surface area contributed by atoms with Gasteiger partial charge in [0.25, 0.3) is 0 Å². The van der Waals surface area contributed by atoms with E-state index in [0.29, 0.717) is 33.9 Å². The molecule has 0 radical (unpaired) electrons. The Kier molecular flexibility index (Phi) is 3.80. The third-order valence-electron chi connectivity index (χ3n) is 3.28. The first-order valence-electron chi connectivity index (χ1n) is 7.07. The molecule has 6 nitrogen and oxygen atoms in total. The molecule has 116 valence electrons. The molecule has 0 aliphatic heterocycles. The zero-order valence-electron chi connectivity index (χ0n) is 12.7. The van der Waals surface area contributed by atoms with Gasteiger partial charge in [-0.2, -0.15) is 0 Å². The van der Waals surface area contributed by atoms with Gasteiger partial charge in [-0.25, -0.2) is 9.78 Å². The van der Waals surface area contributed by atoms with Gasteiger partial charge < -0.3 is 15.1 Å². The fraction of sp³-hybridized carbons (Fsp3) is 0.118. The molecule has 0 saturated carbocycles. The van der Waals surface area contributed by atoms with E-state index >= 15 is 0 Å². The average molecular weight is 309 g/mol. The number of anilines is 2. The number of nitrogens with one attached hydrogen (secondary N) is 2. The van der Waals surface area contributed by atoms with Gasteiger partial charge in [0.1, 0.15) is 5.52 Å². The summed E-state index contributed by atoms with van der Waals surface area (Å²) < 4.78 is 5.39. The molecule has 0 fully saturated rings. The number of urea groups is 1. The summed E-state index contributed by atoms with van der Waals surface area (Å²) in [7, 11) is 0. The highest BCUT2D eigenvalue weighted by molar-refractivity contribution is 6.02. The molecule has 2 amide bonds. The van der Waals surface area contributed by atoms with Crippen LogP contribution in [0, 0.1) is 6.92 Å². The van der Waals surface area contributed by atoms with Crippen LogP contribution in [0.3, 0.4) is 0 Å². The van der Waals surface area contributed by atoms with Crippen LogP contribution >= 0.6 is 0 Å². The van der Waals surface area contributed by atoms with Crippen molar-refractivity contribution in [2.75, 3.05) is 10.6 Å². The van der Waals surface area contributed by atoms with Gasteiger partial charge in [0, 0.05) is 23.9 Å². The molecular formula is C17H15N3O3. The van der Waals surface area contributed by atoms with Crippen molar-refractivity contribution in [3.63, 3.8) is 0 Å². The van der Waals surface area contributed by atoms with Gasteiger partial charge in [-0.1, -0.05) is 12.1 Å². The van der Waals surface area contributed by atoms with E-state index in [-0.39, 0.29) is 5.78 Å². The van der Waals surface area contributed by atoms with E-state index in [1.54, 1.807) is 49.4 Å². The van der Waals surface area contributed by atoms with Crippen molar-refractivity contribution in [1.82, 2.24) is 4.98 Å². The molecule has 0 aliphatic carbocycles. The maximum Gasteiger partial charge on any atom is 0.323 e. The van der Waals surface area contributed by atoms with Crippen molar-refractivity contribution >= 4 is 34.3 Å². The number of aromatic nitrogens is 1. The molecule has 0 saturated heterocycles. The number of fused-ring (bicyclic) bond motifs is 1. The lowest BCUT2D eigenvalue weighted by molar-refractivity contribution is 0.101. The SMILES string of the molecule is CC(=O)c1cccc(NC(=O)Nc2ccc3oc(C)nc3c2)c1. The molecule has 0 bridgehead atoms. The van der Waals surface area contributed by atoms with Crippen LogP contribution < -0.4 is 10.6 Å². The Balaban J connectivity index is 1.73. The molecule has 1 heterocycles. The van der Waals surface area contributed by atoms with Crippen LogP contribution in [0.15, 0.2) is 46.9 Å². The van der Waals surface area contributed by atoms with Crippen LogP contribution in [0.2, 0.25) is 0 Å². The zero-order valence-corrected chi connectivity index (χ0v) is 12.7. The molecule has 6 heteroatoms. The molecule has 2 aromatic carbocycles. The highest BCUT2D eigenvalue weighted by atomic mass is 16.3. The zero-order chi connectivity index (χ0) is 16.4. The Morgan fingerprint density at radius 2 is 1.78 bits per heavy atom. The van der Waals surface area contributed by atoms with Crippen molar-refractivity contribution in [3.05, 3.63) is 53.9 Å². The summed E-state index contributed by atoms with van der Waals surface area (Å²) in [6.45, 7) is 3.25. The summed E-state index contributed by atoms with van der Waals surface area (Å²) in [6.07, 6.45) is 0. The van der Waals surface area contributed by atoms with Crippen molar-refractivity contribution in [3.8, 4) is 0 Å². The Bertz CT molecular complexity index is 899. The Morgan fingerprint density at radius 1 is 1.04 bits per heavy atom. The number of rotatable bonds is 3. The monoisotopic (exact) mass is 309 g/mol. The van der Waals surface area contributed by atoms with Gasteiger partial charge in [-0.15, -0.1) is 0 Å². The van der Waals surface area contributed by atoms with E-state index in [2.05, 4.69) is 15.6 Å². The number of benzene rings is 2. The van der Waals surface area contributed by atoms with Crippen molar-refractivity contribution < 1.29 is 14.0 Å². The standard InChI is InChI=1S/C17H15N3O3/c1-10(21)12-4-3-5-13(8-12)19-17(22)20-14-6-7-16-15(9-14)18-11(2)23-16/h3-9H,1-2H3,(H2,19,20,22). The minimum atomic E-state index is -0.398. The number of aryl methyl sites for hydroxylation is 1. The van der Waals surface area contributed by atoms with Gasteiger partial charge >= 0.3 is 6.03 Å². The number of Topliss-reactive ketones (excluding diaryl/α,β-unsaturated/α-hetero) is 1. The number of ketones is 1. The van der Waals surface area contributed by atoms with Crippen molar-refractivity contribution in [2.45, 2.75) is 13.8 Å². The summed E-state index contributed by atoms with van der Waals surface area (Å²) in [5.74, 6) is 0.517. The van der Waals surface area contributed by atoms with Gasteiger partial charge in [0.05, 0.1) is 0 Å². The van der Waals surface area contributed by atoms with E-state index < -0.39 is 6.03 Å². The predicted octanol–water partition coefficient (Wildman–Crippen LogP) is 3.98. The molecule has 1 aromatic heterocycles. The van der Waals surface area contributed by atoms with Crippen molar-refractivity contribution in [2.24, 2.45) is 0 Å². The number of nitrogens with zero attached hydrogens (tertiary/aromatic N) is 1. The Labute approximate surface area is 132 Å². The first-order valence-corrected chi connectivity index (χ1v) is 7.07. The van der Waals surface area contributed by atoms with Crippen LogP contribution in [0.5, 0.6) is 0 Å². The quantitative estimate of drug-likeness (QED) is 0.717. The second-order valence-electron chi connectivity index (χ2n) is 5.13. The van der Waals surface area contributed by atoms with E-state index in [0.717, 1.165) is 0 Å². The predicted molar refractivity (Wildman–Crippen MR) is 87.8 cm³/mol. The molecule has 2 N–H and O–H groups in total. The third kappa shape index (κ3) is 3.37. The molecule has 3 rings (SSSR count). The van der Waals surface area contributed by atoms with Gasteiger partial charge in [-0.05, 0) is 37.3 Å². The highest BCUT2D eigenvalue weighted by Gasteiger charge is 2.07. The first kappa shape index (κ1) is 14.8. The lowest BCUT2D eigenvalue weighted by Crippen LogP contribution is -2.19. The smallest absolute Gasteiger partial charge is 0.323 e. The van der Waals surface area contributed by atoms with Crippen LogP contribution in [-0.2, 0) is 0 Å². The fourth-order valence-corrected chi connectivity index (χ4v) is 2.23. The van der Waals surface area contributed by atoms with E-state index in [9.17, 15) is 9.59 Å². The number of oxazole rings is 1. The van der Waals surface area contributed by atoms with Crippen LogP contribution in [0.1, 0.15) is 23.2 Å². The minimum Gasteiger partial charge on any atom is -0.441 e. The molecule has 23 heavy (non-hydrogen) atoms. The lowest BCUT2D eigenvalue weighted by atomic mass is 10.1.